The highest BCUT2D eigenvalue weighted by atomic mass is 16.6. The molecule has 63 heavy (non-hydrogen) atoms. The molecule has 0 heterocycles. The molecule has 0 unspecified atom stereocenters. The SMILES string of the molecule is CCCCCCCCCCCC(=O)OCCOCCOCCOCCOCCOCCOCCOCCOCCOCCOCCOCCOC(=O)CCCCCCCCCCC. The Morgan fingerprint density at radius 3 is 0.571 bits per heavy atom. The lowest BCUT2D eigenvalue weighted by molar-refractivity contribution is -0.146. The standard InChI is InChI=1S/C48H94O15/c1-3-5-7-9-11-13-15-17-19-21-47(49)62-45-43-60-41-39-58-37-35-56-33-31-54-29-27-52-25-23-51-24-26-53-28-30-55-32-34-57-36-38-59-40-42-61-44-46-63-48(50)22-20-18-16-14-12-10-8-6-4-2/h3-46H2,1-2H3. The zero-order valence-electron chi connectivity index (χ0n) is 40.2. The van der Waals surface area contributed by atoms with Crippen molar-refractivity contribution < 1.29 is 71.2 Å². The first-order valence-corrected chi connectivity index (χ1v) is 24.9. The lowest BCUT2D eigenvalue weighted by atomic mass is 10.1. The van der Waals surface area contributed by atoms with Gasteiger partial charge in [0, 0.05) is 12.8 Å². The third-order valence-electron chi connectivity index (χ3n) is 9.67. The molecule has 0 fully saturated rings. The molecule has 0 rings (SSSR count). The van der Waals surface area contributed by atoms with Crippen molar-refractivity contribution in [1.29, 1.82) is 0 Å². The second-order valence-electron chi connectivity index (χ2n) is 15.3. The molecule has 0 amide bonds. The predicted octanol–water partition coefficient (Wildman–Crippen LogP) is 8.10. The Labute approximate surface area is 383 Å². The molecule has 15 nitrogen and oxygen atoms in total. The summed E-state index contributed by atoms with van der Waals surface area (Å²) >= 11 is 0. The molecule has 0 atom stereocenters. The summed E-state index contributed by atoms with van der Waals surface area (Å²) in [7, 11) is 0. The Hall–Kier alpha value is -1.50. The first-order chi connectivity index (χ1) is 31.2. The van der Waals surface area contributed by atoms with Crippen LogP contribution in [-0.2, 0) is 71.2 Å². The van der Waals surface area contributed by atoms with Crippen LogP contribution in [-0.4, -0.2) is 171 Å². The van der Waals surface area contributed by atoms with Crippen molar-refractivity contribution in [2.45, 2.75) is 142 Å². The molecular formula is C48H94O15. The number of hydrogen-bond acceptors (Lipinski definition) is 15. The van der Waals surface area contributed by atoms with Crippen LogP contribution < -0.4 is 0 Å². The second kappa shape index (κ2) is 56.6. The number of ether oxygens (including phenoxy) is 13. The van der Waals surface area contributed by atoms with Crippen molar-refractivity contribution >= 4 is 11.9 Å². The van der Waals surface area contributed by atoms with Crippen LogP contribution in [0.1, 0.15) is 142 Å². The monoisotopic (exact) mass is 911 g/mol. The number of carbonyl (C=O) groups is 2. The first-order valence-electron chi connectivity index (χ1n) is 24.9. The Kier molecular flexibility index (Phi) is 55.3. The van der Waals surface area contributed by atoms with Crippen LogP contribution in [0, 0.1) is 0 Å². The number of carbonyl (C=O) groups excluding carboxylic acids is 2. The largest absolute Gasteiger partial charge is 0.463 e. The van der Waals surface area contributed by atoms with Crippen LogP contribution in [0.5, 0.6) is 0 Å². The van der Waals surface area contributed by atoms with Gasteiger partial charge >= 0.3 is 11.9 Å². The molecule has 0 aromatic rings. The molecule has 0 saturated heterocycles. The van der Waals surface area contributed by atoms with Crippen molar-refractivity contribution in [3.8, 4) is 0 Å². The molecule has 0 spiro atoms. The minimum Gasteiger partial charge on any atom is -0.463 e. The van der Waals surface area contributed by atoms with Crippen LogP contribution in [0.25, 0.3) is 0 Å². The van der Waals surface area contributed by atoms with E-state index in [4.69, 9.17) is 61.6 Å². The molecule has 0 aromatic heterocycles. The van der Waals surface area contributed by atoms with E-state index < -0.39 is 0 Å². The maximum Gasteiger partial charge on any atom is 0.305 e. The zero-order valence-corrected chi connectivity index (χ0v) is 40.2. The van der Waals surface area contributed by atoms with Gasteiger partial charge < -0.3 is 61.6 Å². The Bertz CT molecular complexity index is 817. The van der Waals surface area contributed by atoms with E-state index in [2.05, 4.69) is 13.8 Å². The summed E-state index contributed by atoms with van der Waals surface area (Å²) in [5.74, 6) is -0.279. The van der Waals surface area contributed by atoms with Crippen molar-refractivity contribution in [2.75, 3.05) is 159 Å². The number of unbranched alkanes of at least 4 members (excludes halogenated alkanes) is 16. The second-order valence-corrected chi connectivity index (χ2v) is 15.3. The van der Waals surface area contributed by atoms with Crippen LogP contribution in [0.4, 0.5) is 0 Å². The smallest absolute Gasteiger partial charge is 0.305 e. The van der Waals surface area contributed by atoms with Crippen molar-refractivity contribution in [1.82, 2.24) is 0 Å². The molecule has 0 aliphatic rings. The fourth-order valence-electron chi connectivity index (χ4n) is 6.03. The van der Waals surface area contributed by atoms with Gasteiger partial charge in [0.2, 0.25) is 0 Å². The van der Waals surface area contributed by atoms with Crippen LogP contribution >= 0.6 is 0 Å². The minimum atomic E-state index is -0.139. The van der Waals surface area contributed by atoms with Crippen molar-refractivity contribution in [2.24, 2.45) is 0 Å². The first kappa shape index (κ1) is 61.5. The average molecular weight is 911 g/mol. The van der Waals surface area contributed by atoms with E-state index in [1.165, 1.54) is 89.9 Å². The maximum absolute atomic E-state index is 11.8. The van der Waals surface area contributed by atoms with E-state index in [9.17, 15) is 9.59 Å². The van der Waals surface area contributed by atoms with E-state index in [-0.39, 0.29) is 25.2 Å². The summed E-state index contributed by atoms with van der Waals surface area (Å²) in [6, 6.07) is 0. The van der Waals surface area contributed by atoms with Gasteiger partial charge in [-0.1, -0.05) is 117 Å². The molecule has 0 aromatic carbocycles. The summed E-state index contributed by atoms with van der Waals surface area (Å²) in [6.07, 6.45) is 23.1. The van der Waals surface area contributed by atoms with Gasteiger partial charge in [-0.3, -0.25) is 9.59 Å². The number of rotatable bonds is 56. The molecule has 15 heteroatoms. The highest BCUT2D eigenvalue weighted by Crippen LogP contribution is 2.12. The third-order valence-corrected chi connectivity index (χ3v) is 9.67. The van der Waals surface area contributed by atoms with Gasteiger partial charge in [-0.25, -0.2) is 0 Å². The molecular weight excluding hydrogens is 817 g/mol. The normalized spacial score (nSPS) is 11.5. The summed E-state index contributed by atoms with van der Waals surface area (Å²) in [6.45, 7) is 15.4. The Morgan fingerprint density at radius 1 is 0.222 bits per heavy atom. The van der Waals surface area contributed by atoms with Crippen molar-refractivity contribution in [3.05, 3.63) is 0 Å². The third kappa shape index (κ3) is 56.6. The lowest BCUT2D eigenvalue weighted by Crippen LogP contribution is -2.16. The van der Waals surface area contributed by atoms with E-state index in [0.717, 1.165) is 25.7 Å². The predicted molar refractivity (Wildman–Crippen MR) is 245 cm³/mol. The Morgan fingerprint density at radius 2 is 0.381 bits per heavy atom. The molecule has 0 saturated carbocycles. The van der Waals surface area contributed by atoms with Crippen LogP contribution in [0.15, 0.2) is 0 Å². The van der Waals surface area contributed by atoms with Crippen LogP contribution in [0.3, 0.4) is 0 Å². The minimum absolute atomic E-state index is 0.139. The fourth-order valence-corrected chi connectivity index (χ4v) is 6.03. The molecule has 0 bridgehead atoms. The van der Waals surface area contributed by atoms with E-state index >= 15 is 0 Å². The molecule has 0 N–H and O–H groups in total. The van der Waals surface area contributed by atoms with Gasteiger partial charge in [0.1, 0.15) is 13.2 Å². The van der Waals surface area contributed by atoms with Gasteiger partial charge in [-0.15, -0.1) is 0 Å². The van der Waals surface area contributed by atoms with E-state index in [1.807, 2.05) is 0 Å². The summed E-state index contributed by atoms with van der Waals surface area (Å²) < 4.78 is 70.9. The molecule has 376 valence electrons. The summed E-state index contributed by atoms with van der Waals surface area (Å²) in [4.78, 5) is 23.6. The lowest BCUT2D eigenvalue weighted by Gasteiger charge is -2.09. The summed E-state index contributed by atoms with van der Waals surface area (Å²) in [5.41, 5.74) is 0. The average Bonchev–Trinajstić information content (AvgIpc) is 3.29. The van der Waals surface area contributed by atoms with Crippen molar-refractivity contribution in [3.63, 3.8) is 0 Å². The van der Waals surface area contributed by atoms with E-state index in [1.54, 1.807) is 0 Å². The van der Waals surface area contributed by atoms with Gasteiger partial charge in [0.05, 0.1) is 145 Å². The molecule has 0 aliphatic heterocycles. The summed E-state index contributed by atoms with van der Waals surface area (Å²) in [5, 5.41) is 0. The maximum atomic E-state index is 11.8. The Balaban J connectivity index is 3.14. The van der Waals surface area contributed by atoms with E-state index in [0.29, 0.717) is 158 Å². The number of hydrogen-bond donors (Lipinski definition) is 0. The highest BCUT2D eigenvalue weighted by molar-refractivity contribution is 5.69. The van der Waals surface area contributed by atoms with Gasteiger partial charge in [-0.2, -0.15) is 0 Å². The quantitative estimate of drug-likeness (QED) is 0.0426. The topological polar surface area (TPSA) is 154 Å². The van der Waals surface area contributed by atoms with Gasteiger partial charge in [0.15, 0.2) is 0 Å². The number of esters is 2. The zero-order chi connectivity index (χ0) is 45.5. The molecule has 0 radical (unpaired) electrons. The molecule has 0 aliphatic carbocycles. The highest BCUT2D eigenvalue weighted by Gasteiger charge is 2.04. The van der Waals surface area contributed by atoms with Crippen LogP contribution in [0.2, 0.25) is 0 Å². The van der Waals surface area contributed by atoms with Gasteiger partial charge in [0.25, 0.3) is 0 Å². The fraction of sp³-hybridized carbons (Fsp3) is 0.958. The van der Waals surface area contributed by atoms with Gasteiger partial charge in [-0.05, 0) is 12.8 Å².